The van der Waals surface area contributed by atoms with Crippen LogP contribution in [0.2, 0.25) is 0 Å². The van der Waals surface area contributed by atoms with Crippen LogP contribution in [0.25, 0.3) is 5.69 Å². The van der Waals surface area contributed by atoms with Gasteiger partial charge in [0.25, 0.3) is 0 Å². The van der Waals surface area contributed by atoms with E-state index < -0.39 is 18.3 Å². The summed E-state index contributed by atoms with van der Waals surface area (Å²) in [6.07, 6.45) is 1.81. The molecule has 1 aromatic heterocycles. The molecule has 2 heterocycles. The maximum absolute atomic E-state index is 5.99. The highest BCUT2D eigenvalue weighted by atomic mass is 16.7. The van der Waals surface area contributed by atoms with Crippen LogP contribution in [0.1, 0.15) is 27.7 Å². The van der Waals surface area contributed by atoms with Gasteiger partial charge in [-0.25, -0.2) is 4.68 Å². The highest BCUT2D eigenvalue weighted by molar-refractivity contribution is 6.61. The average molecular weight is 301 g/mol. The molecule has 1 aromatic carbocycles. The van der Waals surface area contributed by atoms with Crippen LogP contribution in [-0.4, -0.2) is 40.4 Å². The Kier molecular flexibility index (Phi) is 3.49. The molecule has 7 heteroatoms. The van der Waals surface area contributed by atoms with E-state index in [9.17, 15) is 0 Å². The first kappa shape index (κ1) is 15.1. The minimum atomic E-state index is -0.520. The van der Waals surface area contributed by atoms with Crippen molar-refractivity contribution in [3.8, 4) is 11.4 Å². The van der Waals surface area contributed by atoms with E-state index >= 15 is 0 Å². The molecule has 0 spiro atoms. The molecular formula is C15H20BN3O3. The van der Waals surface area contributed by atoms with Crippen molar-refractivity contribution in [2.45, 2.75) is 38.9 Å². The number of rotatable bonds is 3. The monoisotopic (exact) mass is 301 g/mol. The topological polar surface area (TPSA) is 58.4 Å². The third kappa shape index (κ3) is 2.40. The predicted octanol–water partition coefficient (Wildman–Crippen LogP) is 1.58. The molecule has 1 saturated heterocycles. The molecule has 0 unspecified atom stereocenters. The van der Waals surface area contributed by atoms with E-state index in [1.807, 2.05) is 52.0 Å². The van der Waals surface area contributed by atoms with Crippen LogP contribution in [0.3, 0.4) is 0 Å². The minimum absolute atomic E-state index is 0.397. The van der Waals surface area contributed by atoms with Crippen LogP contribution >= 0.6 is 0 Å². The van der Waals surface area contributed by atoms with Crippen molar-refractivity contribution in [1.82, 2.24) is 15.0 Å². The lowest BCUT2D eigenvalue weighted by atomic mass is 9.86. The maximum atomic E-state index is 5.99. The number of benzene rings is 1. The fourth-order valence-corrected chi connectivity index (χ4v) is 2.29. The van der Waals surface area contributed by atoms with Crippen LogP contribution in [-0.2, 0) is 9.31 Å². The summed E-state index contributed by atoms with van der Waals surface area (Å²) < 4.78 is 19.0. The Balaban J connectivity index is 1.89. The minimum Gasteiger partial charge on any atom is -0.494 e. The SMILES string of the molecule is COc1ccccc1-n1cc(B2OC(C)(C)C(C)(C)O2)nn1. The molecule has 3 rings (SSSR count). The van der Waals surface area contributed by atoms with Gasteiger partial charge in [0.2, 0.25) is 0 Å². The van der Waals surface area contributed by atoms with Gasteiger partial charge < -0.3 is 14.0 Å². The van der Waals surface area contributed by atoms with Gasteiger partial charge in [0.05, 0.1) is 24.5 Å². The first-order valence-corrected chi connectivity index (χ1v) is 7.25. The molecule has 2 aromatic rings. The zero-order valence-electron chi connectivity index (χ0n) is 13.5. The predicted molar refractivity (Wildman–Crippen MR) is 83.6 cm³/mol. The Morgan fingerprint density at radius 2 is 1.73 bits per heavy atom. The van der Waals surface area contributed by atoms with E-state index in [4.69, 9.17) is 14.0 Å². The Labute approximate surface area is 130 Å². The maximum Gasteiger partial charge on any atom is 0.518 e. The van der Waals surface area contributed by atoms with Gasteiger partial charge in [-0.05, 0) is 39.8 Å². The van der Waals surface area contributed by atoms with Gasteiger partial charge in [0, 0.05) is 0 Å². The standard InChI is InChI=1S/C15H20BN3O3/c1-14(2)15(3,4)22-16(21-14)13-10-19(18-17-13)11-8-6-7-9-12(11)20-5/h6-10H,1-5H3. The fraction of sp³-hybridized carbons (Fsp3) is 0.467. The van der Waals surface area contributed by atoms with Gasteiger partial charge in [0.1, 0.15) is 17.0 Å². The highest BCUT2D eigenvalue weighted by Crippen LogP contribution is 2.36. The molecule has 0 bridgehead atoms. The van der Waals surface area contributed by atoms with Crippen molar-refractivity contribution < 1.29 is 14.0 Å². The van der Waals surface area contributed by atoms with Gasteiger partial charge in [0.15, 0.2) is 0 Å². The molecule has 116 valence electrons. The van der Waals surface area contributed by atoms with E-state index in [0.29, 0.717) is 5.59 Å². The largest absolute Gasteiger partial charge is 0.518 e. The summed E-state index contributed by atoms with van der Waals surface area (Å²) >= 11 is 0. The zero-order valence-corrected chi connectivity index (χ0v) is 13.5. The van der Waals surface area contributed by atoms with E-state index in [1.54, 1.807) is 18.0 Å². The Morgan fingerprint density at radius 1 is 1.09 bits per heavy atom. The van der Waals surface area contributed by atoms with E-state index in [-0.39, 0.29) is 0 Å². The van der Waals surface area contributed by atoms with Crippen LogP contribution in [0.4, 0.5) is 0 Å². The van der Waals surface area contributed by atoms with Crippen LogP contribution < -0.4 is 10.3 Å². The van der Waals surface area contributed by atoms with E-state index in [0.717, 1.165) is 11.4 Å². The van der Waals surface area contributed by atoms with Gasteiger partial charge >= 0.3 is 7.12 Å². The van der Waals surface area contributed by atoms with Crippen molar-refractivity contribution in [3.05, 3.63) is 30.5 Å². The van der Waals surface area contributed by atoms with Crippen LogP contribution in [0.5, 0.6) is 5.75 Å². The summed E-state index contributed by atoms with van der Waals surface area (Å²) in [6, 6.07) is 7.63. The number of hydrogen-bond donors (Lipinski definition) is 0. The van der Waals surface area contributed by atoms with E-state index in [1.165, 1.54) is 0 Å². The number of aromatic nitrogens is 3. The number of hydrogen-bond acceptors (Lipinski definition) is 5. The summed E-state index contributed by atoms with van der Waals surface area (Å²) in [7, 11) is 1.11. The molecule has 22 heavy (non-hydrogen) atoms. The average Bonchev–Trinajstić information content (AvgIpc) is 3.02. The Morgan fingerprint density at radius 3 is 2.36 bits per heavy atom. The summed E-state index contributed by atoms with van der Waals surface area (Å²) in [5, 5.41) is 8.35. The molecule has 0 N–H and O–H groups in total. The van der Waals surface area contributed by atoms with Crippen molar-refractivity contribution >= 4 is 12.7 Å². The first-order chi connectivity index (χ1) is 10.3. The van der Waals surface area contributed by atoms with Crippen molar-refractivity contribution in [1.29, 1.82) is 0 Å². The normalized spacial score (nSPS) is 19.4. The zero-order chi connectivity index (χ0) is 16.0. The van der Waals surface area contributed by atoms with Crippen LogP contribution in [0, 0.1) is 0 Å². The number of para-hydroxylation sites is 2. The number of ether oxygens (including phenoxy) is 1. The summed E-state index contributed by atoms with van der Waals surface area (Å²) in [6.45, 7) is 8.05. The molecule has 1 fully saturated rings. The molecule has 1 aliphatic rings. The lowest BCUT2D eigenvalue weighted by Crippen LogP contribution is -2.41. The second kappa shape index (κ2) is 5.10. The molecular weight excluding hydrogens is 281 g/mol. The molecule has 0 radical (unpaired) electrons. The Bertz CT molecular complexity index is 668. The van der Waals surface area contributed by atoms with Crippen molar-refractivity contribution in [3.63, 3.8) is 0 Å². The third-order valence-electron chi connectivity index (χ3n) is 4.34. The molecule has 0 amide bonds. The number of methoxy groups -OCH3 is 1. The molecule has 0 aliphatic carbocycles. The van der Waals surface area contributed by atoms with Gasteiger partial charge in [-0.15, -0.1) is 5.10 Å². The lowest BCUT2D eigenvalue weighted by molar-refractivity contribution is 0.00578. The lowest BCUT2D eigenvalue weighted by Gasteiger charge is -2.32. The van der Waals surface area contributed by atoms with Crippen molar-refractivity contribution in [2.75, 3.05) is 7.11 Å². The third-order valence-corrected chi connectivity index (χ3v) is 4.34. The molecule has 0 saturated carbocycles. The number of nitrogens with zero attached hydrogens (tertiary/aromatic N) is 3. The summed E-state index contributed by atoms with van der Waals surface area (Å²) in [4.78, 5) is 0. The smallest absolute Gasteiger partial charge is 0.494 e. The second-order valence-electron chi connectivity index (χ2n) is 6.35. The van der Waals surface area contributed by atoms with Gasteiger partial charge in [-0.3, -0.25) is 0 Å². The van der Waals surface area contributed by atoms with Gasteiger partial charge in [-0.1, -0.05) is 17.3 Å². The Hall–Kier alpha value is -1.86. The fourth-order valence-electron chi connectivity index (χ4n) is 2.29. The van der Waals surface area contributed by atoms with Crippen molar-refractivity contribution in [2.24, 2.45) is 0 Å². The quantitative estimate of drug-likeness (QED) is 0.806. The molecule has 1 aliphatic heterocycles. The molecule has 0 atom stereocenters. The summed E-state index contributed by atoms with van der Waals surface area (Å²) in [5.41, 5.74) is 0.669. The van der Waals surface area contributed by atoms with Crippen LogP contribution in [0.15, 0.2) is 30.5 Å². The highest BCUT2D eigenvalue weighted by Gasteiger charge is 2.52. The summed E-state index contributed by atoms with van der Waals surface area (Å²) in [5.74, 6) is 0.730. The first-order valence-electron chi connectivity index (χ1n) is 7.25. The second-order valence-corrected chi connectivity index (χ2v) is 6.35. The van der Waals surface area contributed by atoms with Gasteiger partial charge in [-0.2, -0.15) is 0 Å². The van der Waals surface area contributed by atoms with E-state index in [2.05, 4.69) is 10.3 Å². The molecule has 6 nitrogen and oxygen atoms in total.